The largest absolute Gasteiger partial charge is 0.479 e. The average Bonchev–Trinajstić information content (AvgIpc) is 3.37. The average molecular weight is 547 g/mol. The number of carbonyl (C=O) groups excluding carboxylic acids is 1. The smallest absolute Gasteiger partial charge is 0.336 e. The van der Waals surface area contributed by atoms with Crippen LogP contribution in [0.25, 0.3) is 10.9 Å². The number of halogens is 1. The Kier molecular flexibility index (Phi) is 7.67. The van der Waals surface area contributed by atoms with Gasteiger partial charge in [0.25, 0.3) is 5.91 Å². The van der Waals surface area contributed by atoms with Crippen LogP contribution in [-0.2, 0) is 19.1 Å². The molecule has 1 aromatic heterocycles. The number of likely N-dealkylation sites (tertiary alicyclic amines) is 1. The fourth-order valence-electron chi connectivity index (χ4n) is 5.92. The molecule has 1 aliphatic carbocycles. The molecule has 0 bridgehead atoms. The van der Waals surface area contributed by atoms with Gasteiger partial charge in [0.1, 0.15) is 5.82 Å². The van der Waals surface area contributed by atoms with Crippen molar-refractivity contribution in [1.82, 2.24) is 15.2 Å². The summed E-state index contributed by atoms with van der Waals surface area (Å²) in [6.07, 6.45) is -2.34. The summed E-state index contributed by atoms with van der Waals surface area (Å²) in [5.74, 6) is -2.91. The molecule has 3 heterocycles. The molecule has 1 amide bonds. The molecular weight excluding hydrogens is 515 g/mol. The molecule has 1 saturated carbocycles. The third kappa shape index (κ3) is 5.66. The lowest BCUT2D eigenvalue weighted by atomic mass is 9.98. The van der Waals surface area contributed by atoms with Crippen LogP contribution in [0.3, 0.4) is 0 Å². The van der Waals surface area contributed by atoms with Crippen molar-refractivity contribution in [3.05, 3.63) is 35.8 Å². The first-order valence-electron chi connectivity index (χ1n) is 12.9. The molecule has 39 heavy (non-hydrogen) atoms. The van der Waals surface area contributed by atoms with Crippen LogP contribution in [0.1, 0.15) is 23.2 Å². The number of anilines is 1. The number of amides is 1. The molecule has 6 unspecified atom stereocenters. The molecule has 2 aliphatic heterocycles. The molecule has 210 valence electrons. The molecule has 6 atom stereocenters. The maximum atomic E-state index is 14.3. The molecule has 5 rings (SSSR count). The summed E-state index contributed by atoms with van der Waals surface area (Å²) in [6, 6.07) is 4.40. The van der Waals surface area contributed by atoms with Crippen LogP contribution in [0.4, 0.5) is 10.1 Å². The first kappa shape index (κ1) is 27.2. The number of nitrogen functional groups attached to an aromatic ring is 1. The Bertz CT molecular complexity index is 1270. The van der Waals surface area contributed by atoms with Crippen molar-refractivity contribution in [2.45, 2.75) is 31.3 Å². The zero-order valence-electron chi connectivity index (χ0n) is 21.0. The third-order valence-electron chi connectivity index (χ3n) is 8.02. The summed E-state index contributed by atoms with van der Waals surface area (Å²) in [5.41, 5.74) is 6.29. The highest BCUT2D eigenvalue weighted by Crippen LogP contribution is 2.51. The lowest BCUT2D eigenvalue weighted by Crippen LogP contribution is -2.46. The first-order valence-corrected chi connectivity index (χ1v) is 12.9. The Morgan fingerprint density at radius 3 is 2.69 bits per heavy atom. The second kappa shape index (κ2) is 11.0. The quantitative estimate of drug-likeness (QED) is 0.262. The predicted molar refractivity (Wildman–Crippen MR) is 134 cm³/mol. The maximum Gasteiger partial charge on any atom is 0.336 e. The number of aromatic nitrogens is 1. The van der Waals surface area contributed by atoms with E-state index in [9.17, 15) is 29.0 Å². The van der Waals surface area contributed by atoms with Gasteiger partial charge >= 0.3 is 11.9 Å². The topological polar surface area (TPSA) is 185 Å². The van der Waals surface area contributed by atoms with Gasteiger partial charge in [-0.15, -0.1) is 0 Å². The molecule has 1 aromatic carbocycles. The second-order valence-corrected chi connectivity index (χ2v) is 10.5. The second-order valence-electron chi connectivity index (χ2n) is 10.5. The van der Waals surface area contributed by atoms with E-state index in [2.05, 4.69) is 15.2 Å². The van der Waals surface area contributed by atoms with Gasteiger partial charge in [-0.05, 0) is 48.3 Å². The number of pyridine rings is 1. The maximum absolute atomic E-state index is 14.3. The summed E-state index contributed by atoms with van der Waals surface area (Å²) in [7, 11) is 0. The number of piperidine rings is 1. The van der Waals surface area contributed by atoms with E-state index in [-0.39, 0.29) is 23.1 Å². The highest BCUT2D eigenvalue weighted by atomic mass is 19.1. The molecule has 0 radical (unpaired) electrons. The van der Waals surface area contributed by atoms with E-state index in [0.717, 1.165) is 32.1 Å². The summed E-state index contributed by atoms with van der Waals surface area (Å²) < 4.78 is 25.1. The van der Waals surface area contributed by atoms with Crippen LogP contribution < -0.4 is 11.1 Å². The Labute approximate surface area is 222 Å². The third-order valence-corrected chi connectivity index (χ3v) is 8.02. The number of aliphatic hydroxyl groups is 1. The molecule has 13 heteroatoms. The number of ether oxygens (including phenoxy) is 2. The highest BCUT2D eigenvalue weighted by Gasteiger charge is 2.55. The SMILES string of the molecule is Nc1c(F)cc(C(=O)NCC2C3CN(CC4CCOC(OC(C(=O)O)C(O)C(=O)O)C4)CC23)c2ncccc12. The number of carboxylic acid groups (broad SMARTS) is 2. The van der Waals surface area contributed by atoms with E-state index in [1.54, 1.807) is 12.1 Å². The number of hydrogen-bond acceptors (Lipinski definition) is 9. The summed E-state index contributed by atoms with van der Waals surface area (Å²) in [4.78, 5) is 41.7. The van der Waals surface area contributed by atoms with Gasteiger partial charge in [-0.3, -0.25) is 9.78 Å². The van der Waals surface area contributed by atoms with Gasteiger partial charge in [-0.25, -0.2) is 14.0 Å². The molecule has 2 aromatic rings. The van der Waals surface area contributed by atoms with Crippen molar-refractivity contribution in [3.8, 4) is 0 Å². The van der Waals surface area contributed by atoms with Gasteiger partial charge in [0.2, 0.25) is 0 Å². The predicted octanol–water partition coefficient (Wildman–Crippen LogP) is 0.532. The van der Waals surface area contributed by atoms with E-state index < -0.39 is 36.3 Å². The first-order chi connectivity index (χ1) is 18.6. The molecule has 0 spiro atoms. The molecule has 3 fully saturated rings. The highest BCUT2D eigenvalue weighted by molar-refractivity contribution is 6.08. The van der Waals surface area contributed by atoms with Crippen LogP contribution in [0.5, 0.6) is 0 Å². The van der Waals surface area contributed by atoms with Crippen molar-refractivity contribution in [2.75, 3.05) is 38.5 Å². The van der Waals surface area contributed by atoms with Crippen LogP contribution >= 0.6 is 0 Å². The van der Waals surface area contributed by atoms with Gasteiger partial charge in [-0.1, -0.05) is 0 Å². The molecule has 3 aliphatic rings. The van der Waals surface area contributed by atoms with E-state index in [1.807, 2.05) is 0 Å². The normalized spacial score (nSPS) is 28.0. The number of nitrogens with one attached hydrogen (secondary N) is 1. The van der Waals surface area contributed by atoms with Crippen molar-refractivity contribution in [3.63, 3.8) is 0 Å². The summed E-state index contributed by atoms with van der Waals surface area (Å²) >= 11 is 0. The minimum Gasteiger partial charge on any atom is -0.479 e. The van der Waals surface area contributed by atoms with E-state index in [4.69, 9.17) is 20.3 Å². The van der Waals surface area contributed by atoms with E-state index in [0.29, 0.717) is 48.2 Å². The number of aliphatic carboxylic acids is 2. The molecule has 12 nitrogen and oxygen atoms in total. The standard InChI is InChI=1S/C26H31FN4O8/c27-18-7-14(21-13(20(18)28)2-1-4-29-21)24(33)30-8-15-16-10-31(11-17(15)16)9-12-3-5-38-19(6-12)39-23(26(36)37)22(32)25(34)35/h1-2,4,7,12,15-17,19,22-23,32H,3,5-6,8-11,28H2,(H,30,33)(H,34,35)(H,36,37). The molecule has 6 N–H and O–H groups in total. The van der Waals surface area contributed by atoms with Crippen LogP contribution in [0.2, 0.25) is 0 Å². The van der Waals surface area contributed by atoms with Crippen LogP contribution in [0.15, 0.2) is 24.4 Å². The zero-order chi connectivity index (χ0) is 27.8. The van der Waals surface area contributed by atoms with Gasteiger partial charge in [0.15, 0.2) is 18.5 Å². The Morgan fingerprint density at radius 1 is 1.26 bits per heavy atom. The number of carbonyl (C=O) groups is 3. The fourth-order valence-corrected chi connectivity index (χ4v) is 5.92. The number of nitrogens with zero attached hydrogens (tertiary/aromatic N) is 2. The van der Waals surface area contributed by atoms with Crippen molar-refractivity contribution in [1.29, 1.82) is 0 Å². The minimum atomic E-state index is -2.19. The number of fused-ring (bicyclic) bond motifs is 2. The lowest BCUT2D eigenvalue weighted by Gasteiger charge is -2.34. The van der Waals surface area contributed by atoms with E-state index >= 15 is 0 Å². The van der Waals surface area contributed by atoms with Gasteiger partial charge in [-0.2, -0.15) is 0 Å². The number of hydrogen-bond donors (Lipinski definition) is 5. The van der Waals surface area contributed by atoms with Gasteiger partial charge in [0.05, 0.1) is 23.4 Å². The number of carboxylic acids is 2. The number of nitrogens with two attached hydrogens (primary N) is 1. The fraction of sp³-hybridized carbons (Fsp3) is 0.538. The summed E-state index contributed by atoms with van der Waals surface area (Å²) in [5, 5.41) is 31.1. The van der Waals surface area contributed by atoms with Crippen molar-refractivity contribution in [2.24, 2.45) is 23.7 Å². The molecule has 2 saturated heterocycles. The number of benzene rings is 1. The molecular formula is C26H31FN4O8. The number of rotatable bonds is 10. The Balaban J connectivity index is 1.09. The minimum absolute atomic E-state index is 0.0339. The Hall–Kier alpha value is -3.39. The van der Waals surface area contributed by atoms with Crippen LogP contribution in [0, 0.1) is 29.5 Å². The zero-order valence-corrected chi connectivity index (χ0v) is 21.0. The van der Waals surface area contributed by atoms with Gasteiger partial charge < -0.3 is 40.7 Å². The van der Waals surface area contributed by atoms with E-state index in [1.165, 1.54) is 6.20 Å². The van der Waals surface area contributed by atoms with Crippen LogP contribution in [-0.4, -0.2) is 94.3 Å². The Morgan fingerprint density at radius 2 is 2.00 bits per heavy atom. The monoisotopic (exact) mass is 546 g/mol. The lowest BCUT2D eigenvalue weighted by molar-refractivity contribution is -0.224. The van der Waals surface area contributed by atoms with Gasteiger partial charge in [0, 0.05) is 44.2 Å². The summed E-state index contributed by atoms with van der Waals surface area (Å²) in [6.45, 7) is 3.32. The van der Waals surface area contributed by atoms with Crippen molar-refractivity contribution < 1.29 is 43.6 Å². The van der Waals surface area contributed by atoms with Crippen molar-refractivity contribution >= 4 is 34.4 Å². The number of aliphatic hydroxyl groups excluding tert-OH is 1.